The molecule has 0 unspecified atom stereocenters. The van der Waals surface area contributed by atoms with E-state index < -0.39 is 15.9 Å². The van der Waals surface area contributed by atoms with Crippen molar-refractivity contribution in [1.82, 2.24) is 8.87 Å². The van der Waals surface area contributed by atoms with Gasteiger partial charge in [-0.25, -0.2) is 8.42 Å². The predicted molar refractivity (Wildman–Crippen MR) is 127 cm³/mol. The summed E-state index contributed by atoms with van der Waals surface area (Å²) < 4.78 is 40.9. The molecule has 0 bridgehead atoms. The number of thiazole rings is 1. The van der Waals surface area contributed by atoms with Crippen LogP contribution in [-0.4, -0.2) is 49.5 Å². The first-order valence-corrected chi connectivity index (χ1v) is 12.9. The van der Waals surface area contributed by atoms with E-state index in [1.54, 1.807) is 19.9 Å². The van der Waals surface area contributed by atoms with Crippen LogP contribution in [0, 0.1) is 0 Å². The van der Waals surface area contributed by atoms with E-state index in [0.717, 1.165) is 10.2 Å². The average Bonchev–Trinajstić information content (AvgIpc) is 3.14. The highest BCUT2D eigenvalue weighted by Crippen LogP contribution is 2.35. The highest BCUT2D eigenvalue weighted by atomic mass is 32.2. The molecule has 174 valence electrons. The standard InChI is InChI=1S/C23H25N3O5S2/c1-4-11-26-18-14-19-20(31-13-12-30-19)15-21(18)32-23(26)24-22(27)16-7-9-17(10-8-16)33(28,29)25(5-2)6-3/h4,7-10,14-15H,1,5-6,11-13H2,2-3H3. The highest BCUT2D eigenvalue weighted by Gasteiger charge is 2.22. The van der Waals surface area contributed by atoms with Crippen molar-refractivity contribution in [2.45, 2.75) is 25.3 Å². The molecular weight excluding hydrogens is 462 g/mol. The Hall–Kier alpha value is -2.95. The molecule has 2 heterocycles. The Balaban J connectivity index is 1.71. The van der Waals surface area contributed by atoms with Crippen LogP contribution in [0.25, 0.3) is 10.2 Å². The Morgan fingerprint density at radius 1 is 1.15 bits per heavy atom. The van der Waals surface area contributed by atoms with Crippen LogP contribution in [0.3, 0.4) is 0 Å². The van der Waals surface area contributed by atoms with Crippen LogP contribution in [0.2, 0.25) is 0 Å². The average molecular weight is 488 g/mol. The van der Waals surface area contributed by atoms with E-state index in [9.17, 15) is 13.2 Å². The lowest BCUT2D eigenvalue weighted by atomic mass is 10.2. The third-order valence-electron chi connectivity index (χ3n) is 5.30. The van der Waals surface area contributed by atoms with Crippen molar-refractivity contribution in [2.24, 2.45) is 4.99 Å². The van der Waals surface area contributed by atoms with E-state index in [4.69, 9.17) is 9.47 Å². The van der Waals surface area contributed by atoms with Gasteiger partial charge in [0.25, 0.3) is 5.91 Å². The van der Waals surface area contributed by atoms with Crippen LogP contribution < -0.4 is 14.3 Å². The molecule has 10 heteroatoms. The molecule has 0 N–H and O–H groups in total. The fraction of sp³-hybridized carbons (Fsp3) is 0.304. The summed E-state index contributed by atoms with van der Waals surface area (Å²) in [6.07, 6.45) is 1.74. The van der Waals surface area contributed by atoms with Crippen LogP contribution in [-0.2, 0) is 16.6 Å². The quantitative estimate of drug-likeness (QED) is 0.476. The summed E-state index contributed by atoms with van der Waals surface area (Å²) in [5.41, 5.74) is 1.18. The van der Waals surface area contributed by atoms with Crippen molar-refractivity contribution in [3.05, 3.63) is 59.4 Å². The number of sulfonamides is 1. The third kappa shape index (κ3) is 4.46. The number of nitrogens with zero attached hydrogens (tertiary/aromatic N) is 3. The molecule has 33 heavy (non-hydrogen) atoms. The SMILES string of the molecule is C=CCn1c(=NC(=O)c2ccc(S(=O)(=O)N(CC)CC)cc2)sc2cc3c(cc21)OCCO3. The van der Waals surface area contributed by atoms with E-state index in [-0.39, 0.29) is 4.90 Å². The van der Waals surface area contributed by atoms with Gasteiger partial charge in [-0.15, -0.1) is 6.58 Å². The monoisotopic (exact) mass is 487 g/mol. The van der Waals surface area contributed by atoms with Crippen LogP contribution in [0.15, 0.2) is 58.9 Å². The number of rotatable bonds is 7. The van der Waals surface area contributed by atoms with E-state index >= 15 is 0 Å². The number of carbonyl (C=O) groups excluding carboxylic acids is 1. The number of hydrogen-bond donors (Lipinski definition) is 0. The largest absolute Gasteiger partial charge is 0.486 e. The molecule has 8 nitrogen and oxygen atoms in total. The van der Waals surface area contributed by atoms with Crippen molar-refractivity contribution >= 4 is 37.5 Å². The van der Waals surface area contributed by atoms with Crippen molar-refractivity contribution in [1.29, 1.82) is 0 Å². The molecule has 1 amide bonds. The summed E-state index contributed by atoms with van der Waals surface area (Å²) in [7, 11) is -3.59. The van der Waals surface area contributed by atoms with Gasteiger partial charge < -0.3 is 14.0 Å². The van der Waals surface area contributed by atoms with Gasteiger partial charge in [-0.05, 0) is 24.3 Å². The van der Waals surface area contributed by atoms with Crippen molar-refractivity contribution in [3.8, 4) is 11.5 Å². The molecule has 1 aromatic heterocycles. The molecule has 2 aromatic carbocycles. The summed E-state index contributed by atoms with van der Waals surface area (Å²) in [5.74, 6) is 0.874. The summed E-state index contributed by atoms with van der Waals surface area (Å²) in [6.45, 7) is 9.59. The number of benzene rings is 2. The molecule has 0 aliphatic carbocycles. The normalized spacial score (nSPS) is 14.1. The molecule has 0 atom stereocenters. The number of ether oxygens (including phenoxy) is 2. The molecule has 0 saturated heterocycles. The first kappa shape index (κ1) is 23.2. The Morgan fingerprint density at radius 3 is 2.39 bits per heavy atom. The lowest BCUT2D eigenvalue weighted by Gasteiger charge is -2.18. The number of carbonyl (C=O) groups is 1. The topological polar surface area (TPSA) is 90.2 Å². The van der Waals surface area contributed by atoms with Crippen LogP contribution >= 0.6 is 11.3 Å². The number of amides is 1. The molecule has 0 radical (unpaired) electrons. The van der Waals surface area contributed by atoms with Gasteiger partial charge in [-0.2, -0.15) is 9.30 Å². The Morgan fingerprint density at radius 2 is 1.79 bits per heavy atom. The summed E-state index contributed by atoms with van der Waals surface area (Å²) >= 11 is 1.37. The zero-order chi connectivity index (χ0) is 23.6. The Bertz CT molecular complexity index is 1370. The van der Waals surface area contributed by atoms with E-state index in [1.807, 2.05) is 16.7 Å². The Kier molecular flexibility index (Phi) is 6.68. The van der Waals surface area contributed by atoms with Gasteiger partial charge in [0, 0.05) is 37.3 Å². The Labute approximate surface area is 196 Å². The van der Waals surface area contributed by atoms with Gasteiger partial charge in [0.1, 0.15) is 13.2 Å². The second-order valence-electron chi connectivity index (χ2n) is 7.28. The number of hydrogen-bond acceptors (Lipinski definition) is 6. The minimum Gasteiger partial charge on any atom is -0.486 e. The van der Waals surface area contributed by atoms with E-state index in [0.29, 0.717) is 54.7 Å². The van der Waals surface area contributed by atoms with Gasteiger partial charge in [-0.3, -0.25) is 4.79 Å². The van der Waals surface area contributed by atoms with Gasteiger partial charge in [0.15, 0.2) is 16.3 Å². The number of aromatic nitrogens is 1. The minimum absolute atomic E-state index is 0.150. The molecule has 0 saturated carbocycles. The zero-order valence-electron chi connectivity index (χ0n) is 18.5. The summed E-state index contributed by atoms with van der Waals surface area (Å²) in [4.78, 5) is 17.9. The van der Waals surface area contributed by atoms with Gasteiger partial charge >= 0.3 is 0 Å². The summed E-state index contributed by atoms with van der Waals surface area (Å²) in [6, 6.07) is 9.66. The minimum atomic E-state index is -3.59. The van der Waals surface area contributed by atoms with Crippen molar-refractivity contribution in [2.75, 3.05) is 26.3 Å². The smallest absolute Gasteiger partial charge is 0.279 e. The van der Waals surface area contributed by atoms with Crippen LogP contribution in [0.1, 0.15) is 24.2 Å². The highest BCUT2D eigenvalue weighted by molar-refractivity contribution is 7.89. The maximum absolute atomic E-state index is 12.9. The van der Waals surface area contributed by atoms with E-state index in [2.05, 4.69) is 11.6 Å². The predicted octanol–water partition coefficient (Wildman–Crippen LogP) is 3.43. The summed E-state index contributed by atoms with van der Waals surface area (Å²) in [5, 5.41) is 0. The van der Waals surface area contributed by atoms with Gasteiger partial charge in [-0.1, -0.05) is 31.3 Å². The molecular formula is C23H25N3O5S2. The fourth-order valence-electron chi connectivity index (χ4n) is 3.63. The van der Waals surface area contributed by atoms with Crippen LogP contribution in [0.5, 0.6) is 11.5 Å². The first-order chi connectivity index (χ1) is 15.9. The first-order valence-electron chi connectivity index (χ1n) is 10.6. The maximum Gasteiger partial charge on any atom is 0.279 e. The van der Waals surface area contributed by atoms with Gasteiger partial charge in [0.05, 0.1) is 15.1 Å². The second-order valence-corrected chi connectivity index (χ2v) is 10.2. The zero-order valence-corrected chi connectivity index (χ0v) is 20.1. The molecule has 0 fully saturated rings. The molecule has 4 rings (SSSR count). The number of allylic oxidation sites excluding steroid dienone is 1. The molecule has 1 aliphatic rings. The third-order valence-corrected chi connectivity index (χ3v) is 8.41. The van der Waals surface area contributed by atoms with Crippen molar-refractivity contribution in [3.63, 3.8) is 0 Å². The van der Waals surface area contributed by atoms with Gasteiger partial charge in [0.2, 0.25) is 10.0 Å². The molecule has 3 aromatic rings. The molecule has 1 aliphatic heterocycles. The van der Waals surface area contributed by atoms with Crippen molar-refractivity contribution < 1.29 is 22.7 Å². The number of fused-ring (bicyclic) bond motifs is 2. The fourth-order valence-corrected chi connectivity index (χ4v) is 6.14. The molecule has 0 spiro atoms. The lowest BCUT2D eigenvalue weighted by molar-refractivity contribution is 0.0997. The lowest BCUT2D eigenvalue weighted by Crippen LogP contribution is -2.30. The maximum atomic E-state index is 12.9. The van der Waals surface area contributed by atoms with E-state index in [1.165, 1.54) is 39.9 Å². The second kappa shape index (κ2) is 9.50. The van der Waals surface area contributed by atoms with Crippen LogP contribution in [0.4, 0.5) is 0 Å².